The highest BCUT2D eigenvalue weighted by Gasteiger charge is 2.11. The minimum atomic E-state index is -0.312. The number of thiophene rings is 1. The SMILES string of the molecule is Cc1ccc(O)c(C(=O)NCc2cc(C#CCO)cs2)c1. The summed E-state index contributed by atoms with van der Waals surface area (Å²) in [4.78, 5) is 13.0. The molecule has 0 spiro atoms. The molecule has 2 aromatic rings. The van der Waals surface area contributed by atoms with Crippen LogP contribution >= 0.6 is 11.3 Å². The molecule has 108 valence electrons. The molecule has 2 rings (SSSR count). The monoisotopic (exact) mass is 301 g/mol. The maximum absolute atomic E-state index is 12.0. The molecule has 0 aliphatic carbocycles. The fraction of sp³-hybridized carbons (Fsp3) is 0.188. The second kappa shape index (κ2) is 6.93. The number of aryl methyl sites for hydroxylation is 1. The molecule has 0 fully saturated rings. The van der Waals surface area contributed by atoms with E-state index in [1.807, 2.05) is 18.4 Å². The molecule has 0 radical (unpaired) electrons. The minimum Gasteiger partial charge on any atom is -0.507 e. The van der Waals surface area contributed by atoms with Crippen molar-refractivity contribution in [1.29, 1.82) is 0 Å². The molecule has 1 aromatic carbocycles. The van der Waals surface area contributed by atoms with Crippen molar-refractivity contribution < 1.29 is 15.0 Å². The van der Waals surface area contributed by atoms with E-state index in [4.69, 9.17) is 5.11 Å². The number of carbonyl (C=O) groups is 1. The van der Waals surface area contributed by atoms with E-state index in [-0.39, 0.29) is 23.8 Å². The summed E-state index contributed by atoms with van der Waals surface area (Å²) in [5.41, 5.74) is 2.00. The number of aromatic hydroxyl groups is 1. The van der Waals surface area contributed by atoms with Gasteiger partial charge in [0.2, 0.25) is 0 Å². The molecule has 0 saturated carbocycles. The first-order chi connectivity index (χ1) is 10.1. The van der Waals surface area contributed by atoms with Gasteiger partial charge in [-0.3, -0.25) is 4.79 Å². The Labute approximate surface area is 127 Å². The van der Waals surface area contributed by atoms with Gasteiger partial charge in [-0.05, 0) is 25.1 Å². The van der Waals surface area contributed by atoms with Crippen molar-refractivity contribution in [1.82, 2.24) is 5.32 Å². The van der Waals surface area contributed by atoms with Gasteiger partial charge in [0.15, 0.2) is 0 Å². The molecule has 0 bridgehead atoms. The number of rotatable bonds is 3. The van der Waals surface area contributed by atoms with Crippen molar-refractivity contribution in [3.63, 3.8) is 0 Å². The second-order valence-corrected chi connectivity index (χ2v) is 5.46. The molecular weight excluding hydrogens is 286 g/mol. The first-order valence-corrected chi connectivity index (χ1v) is 7.23. The van der Waals surface area contributed by atoms with E-state index in [9.17, 15) is 9.90 Å². The Bertz CT molecular complexity index is 710. The van der Waals surface area contributed by atoms with Gasteiger partial charge in [0, 0.05) is 15.8 Å². The number of benzene rings is 1. The summed E-state index contributed by atoms with van der Waals surface area (Å²) < 4.78 is 0. The molecule has 21 heavy (non-hydrogen) atoms. The Morgan fingerprint density at radius 1 is 1.38 bits per heavy atom. The second-order valence-electron chi connectivity index (χ2n) is 4.46. The van der Waals surface area contributed by atoms with Gasteiger partial charge in [-0.15, -0.1) is 11.3 Å². The topological polar surface area (TPSA) is 69.6 Å². The van der Waals surface area contributed by atoms with Crippen LogP contribution in [0.5, 0.6) is 5.75 Å². The summed E-state index contributed by atoms with van der Waals surface area (Å²) >= 11 is 1.48. The Kier molecular flexibility index (Phi) is 4.99. The van der Waals surface area contributed by atoms with E-state index in [0.29, 0.717) is 6.54 Å². The number of amides is 1. The highest BCUT2D eigenvalue weighted by molar-refractivity contribution is 7.10. The van der Waals surface area contributed by atoms with Crippen LogP contribution in [0.1, 0.15) is 26.4 Å². The molecule has 1 heterocycles. The summed E-state index contributed by atoms with van der Waals surface area (Å²) in [6.07, 6.45) is 0. The van der Waals surface area contributed by atoms with Crippen molar-refractivity contribution in [3.05, 3.63) is 51.2 Å². The van der Waals surface area contributed by atoms with Crippen LogP contribution in [0.3, 0.4) is 0 Å². The summed E-state index contributed by atoms with van der Waals surface area (Å²) in [5, 5.41) is 23.0. The molecule has 0 saturated heterocycles. The third kappa shape index (κ3) is 4.09. The molecule has 1 aromatic heterocycles. The van der Waals surface area contributed by atoms with Crippen molar-refractivity contribution >= 4 is 17.2 Å². The Morgan fingerprint density at radius 3 is 2.95 bits per heavy atom. The first-order valence-electron chi connectivity index (χ1n) is 6.35. The van der Waals surface area contributed by atoms with Gasteiger partial charge in [-0.2, -0.15) is 0 Å². The van der Waals surface area contributed by atoms with Gasteiger partial charge >= 0.3 is 0 Å². The van der Waals surface area contributed by atoms with Crippen molar-refractivity contribution in [2.24, 2.45) is 0 Å². The molecular formula is C16H15NO3S. The smallest absolute Gasteiger partial charge is 0.255 e. The zero-order valence-electron chi connectivity index (χ0n) is 11.5. The Hall–Kier alpha value is -2.29. The van der Waals surface area contributed by atoms with Crippen LogP contribution in [0.4, 0.5) is 0 Å². The van der Waals surface area contributed by atoms with E-state index in [0.717, 1.165) is 16.0 Å². The lowest BCUT2D eigenvalue weighted by Gasteiger charge is -2.06. The maximum atomic E-state index is 12.0. The van der Waals surface area contributed by atoms with Gasteiger partial charge in [0.25, 0.3) is 5.91 Å². The number of phenols is 1. The van der Waals surface area contributed by atoms with Crippen LogP contribution in [0.2, 0.25) is 0 Å². The Balaban J connectivity index is 2.01. The summed E-state index contributed by atoms with van der Waals surface area (Å²) in [7, 11) is 0. The predicted octanol–water partition coefficient (Wildman–Crippen LogP) is 2.04. The van der Waals surface area contributed by atoms with Crippen LogP contribution in [0.25, 0.3) is 0 Å². The number of aliphatic hydroxyl groups is 1. The first kappa shape index (κ1) is 15.1. The molecule has 4 nitrogen and oxygen atoms in total. The number of nitrogens with one attached hydrogen (secondary N) is 1. The van der Waals surface area contributed by atoms with Gasteiger partial charge < -0.3 is 15.5 Å². The normalized spacial score (nSPS) is 9.81. The predicted molar refractivity (Wildman–Crippen MR) is 82.3 cm³/mol. The van der Waals surface area contributed by atoms with Crippen LogP contribution < -0.4 is 5.32 Å². The fourth-order valence-corrected chi connectivity index (χ4v) is 2.53. The highest BCUT2D eigenvalue weighted by Crippen LogP contribution is 2.19. The van der Waals surface area contributed by atoms with Crippen LogP contribution in [-0.2, 0) is 6.54 Å². The van der Waals surface area contributed by atoms with E-state index in [2.05, 4.69) is 17.2 Å². The van der Waals surface area contributed by atoms with Gasteiger partial charge in [-0.1, -0.05) is 23.5 Å². The quantitative estimate of drug-likeness (QED) is 0.760. The lowest BCUT2D eigenvalue weighted by atomic mass is 10.1. The fourth-order valence-electron chi connectivity index (χ4n) is 1.77. The largest absolute Gasteiger partial charge is 0.507 e. The van der Waals surface area contributed by atoms with Crippen molar-refractivity contribution in [2.75, 3.05) is 6.61 Å². The summed E-state index contributed by atoms with van der Waals surface area (Å²) in [6, 6.07) is 6.77. The molecule has 3 N–H and O–H groups in total. The standard InChI is InChI=1S/C16H15NO3S/c1-11-4-5-15(19)14(7-11)16(20)17-9-13-8-12(10-21-13)3-2-6-18/h4-5,7-8,10,18-19H,6,9H2,1H3,(H,17,20). The lowest BCUT2D eigenvalue weighted by Crippen LogP contribution is -2.22. The van der Waals surface area contributed by atoms with E-state index >= 15 is 0 Å². The van der Waals surface area contributed by atoms with Crippen LogP contribution in [0, 0.1) is 18.8 Å². The lowest BCUT2D eigenvalue weighted by molar-refractivity contribution is 0.0948. The molecule has 1 amide bonds. The maximum Gasteiger partial charge on any atom is 0.255 e. The van der Waals surface area contributed by atoms with E-state index in [1.165, 1.54) is 17.4 Å². The van der Waals surface area contributed by atoms with Crippen molar-refractivity contribution in [2.45, 2.75) is 13.5 Å². The van der Waals surface area contributed by atoms with E-state index in [1.54, 1.807) is 12.1 Å². The molecule has 0 unspecified atom stereocenters. The highest BCUT2D eigenvalue weighted by atomic mass is 32.1. The number of hydrogen-bond donors (Lipinski definition) is 3. The summed E-state index contributed by atoms with van der Waals surface area (Å²) in [6.45, 7) is 2.06. The number of phenolic OH excluding ortho intramolecular Hbond substituents is 1. The van der Waals surface area contributed by atoms with Crippen LogP contribution in [0.15, 0.2) is 29.6 Å². The molecule has 0 aliphatic rings. The van der Waals surface area contributed by atoms with Crippen LogP contribution in [-0.4, -0.2) is 22.7 Å². The van der Waals surface area contributed by atoms with Crippen molar-refractivity contribution in [3.8, 4) is 17.6 Å². The third-order valence-corrected chi connectivity index (χ3v) is 3.72. The molecule has 0 aliphatic heterocycles. The zero-order valence-corrected chi connectivity index (χ0v) is 12.3. The molecule has 0 atom stereocenters. The third-order valence-electron chi connectivity index (χ3n) is 2.79. The Morgan fingerprint density at radius 2 is 2.19 bits per heavy atom. The van der Waals surface area contributed by atoms with Gasteiger partial charge in [0.1, 0.15) is 12.4 Å². The van der Waals surface area contributed by atoms with Gasteiger partial charge in [-0.25, -0.2) is 0 Å². The average Bonchev–Trinajstić information content (AvgIpc) is 2.93. The van der Waals surface area contributed by atoms with Gasteiger partial charge in [0.05, 0.1) is 12.1 Å². The molecule has 5 heteroatoms. The minimum absolute atomic E-state index is 0.0289. The number of hydrogen-bond acceptors (Lipinski definition) is 4. The summed E-state index contributed by atoms with van der Waals surface area (Å²) in [5.74, 6) is 5.04. The average molecular weight is 301 g/mol. The van der Waals surface area contributed by atoms with E-state index < -0.39 is 0 Å². The zero-order chi connectivity index (χ0) is 15.2. The number of carbonyl (C=O) groups excluding carboxylic acids is 1. The number of aliphatic hydroxyl groups excluding tert-OH is 1.